The molecule has 1 nitrogen and oxygen atoms in total. The highest BCUT2D eigenvalue weighted by atomic mass is 14.6. The summed E-state index contributed by atoms with van der Waals surface area (Å²) in [6, 6.07) is 0. The molecule has 0 saturated heterocycles. The summed E-state index contributed by atoms with van der Waals surface area (Å²) in [6.45, 7) is 10.1. The minimum Gasteiger partial charge on any atom is -0.399 e. The molecule has 0 atom stereocenters. The Labute approximate surface area is 71.0 Å². The quantitative estimate of drug-likeness (QED) is 0.609. The van der Waals surface area contributed by atoms with Crippen molar-refractivity contribution in [2.45, 2.75) is 41.0 Å². The molecule has 0 aliphatic rings. The van der Waals surface area contributed by atoms with Gasteiger partial charge in [0.1, 0.15) is 0 Å². The minimum atomic E-state index is 0.886. The number of hydrogen-bond acceptors (Lipinski definition) is 1. The summed E-state index contributed by atoms with van der Waals surface area (Å²) in [5.41, 5.74) is 7.66. The first kappa shape index (κ1) is 12.9. The monoisotopic (exact) mass is 155 g/mol. The topological polar surface area (TPSA) is 26.0 Å². The lowest BCUT2D eigenvalue weighted by atomic mass is 10.2. The Hall–Kier alpha value is -0.720. The van der Waals surface area contributed by atoms with Crippen LogP contribution in [0.2, 0.25) is 0 Å². The molecule has 0 amide bonds. The van der Waals surface area contributed by atoms with Gasteiger partial charge in [-0.3, -0.25) is 0 Å². The fourth-order valence-corrected chi connectivity index (χ4v) is 0.411. The van der Waals surface area contributed by atoms with E-state index in [1.165, 1.54) is 5.57 Å². The maximum Gasteiger partial charge on any atom is 0.0297 e. The van der Waals surface area contributed by atoms with Crippen LogP contribution in [0, 0.1) is 0 Å². The van der Waals surface area contributed by atoms with Crippen LogP contribution in [0.4, 0.5) is 0 Å². The van der Waals surface area contributed by atoms with Crippen LogP contribution in [0.5, 0.6) is 0 Å². The molecule has 0 aromatic rings. The van der Waals surface area contributed by atoms with Gasteiger partial charge in [0.15, 0.2) is 0 Å². The van der Waals surface area contributed by atoms with Crippen molar-refractivity contribution in [1.29, 1.82) is 0 Å². The molecule has 1 heteroatoms. The summed E-state index contributed by atoms with van der Waals surface area (Å²) >= 11 is 0. The third kappa shape index (κ3) is 9.28. The Bertz CT molecular complexity index is 128. The zero-order valence-electron chi connectivity index (χ0n) is 8.44. The highest BCUT2D eigenvalue weighted by Gasteiger charge is 1.82. The first-order valence-corrected chi connectivity index (χ1v) is 4.28. The lowest BCUT2D eigenvalue weighted by Crippen LogP contribution is -1.94. The normalized spacial score (nSPS) is 8.82. The summed E-state index contributed by atoms with van der Waals surface area (Å²) in [4.78, 5) is 0. The molecular formula is C10H21N. The molecule has 0 aromatic heterocycles. The lowest BCUT2D eigenvalue weighted by Gasteiger charge is -1.93. The zero-order chi connectivity index (χ0) is 9.28. The standard InChI is InChI=1S/C8H15N.C2H6/c1-4-5-6-8(9)7(2)3;1-2/h5-6H,4,9H2,1-3H3;1-2H3/b6-5-;. The van der Waals surface area contributed by atoms with Crippen molar-refractivity contribution < 1.29 is 0 Å². The highest BCUT2D eigenvalue weighted by Crippen LogP contribution is 1.97. The molecule has 0 spiro atoms. The van der Waals surface area contributed by atoms with Gasteiger partial charge >= 0.3 is 0 Å². The molecule has 66 valence electrons. The molecular weight excluding hydrogens is 134 g/mol. The van der Waals surface area contributed by atoms with Crippen molar-refractivity contribution in [2.24, 2.45) is 5.73 Å². The number of nitrogens with two attached hydrogens (primary N) is 1. The van der Waals surface area contributed by atoms with Gasteiger partial charge in [-0.2, -0.15) is 0 Å². The van der Waals surface area contributed by atoms with Crippen LogP contribution in [0.1, 0.15) is 41.0 Å². The SMILES string of the molecule is CC.CC/C=C\C(N)=C(C)C. The summed E-state index contributed by atoms with van der Waals surface area (Å²) in [5.74, 6) is 0. The summed E-state index contributed by atoms with van der Waals surface area (Å²) in [6.07, 6.45) is 5.06. The van der Waals surface area contributed by atoms with Gasteiger partial charge in [-0.25, -0.2) is 0 Å². The second-order valence-electron chi connectivity index (χ2n) is 2.27. The Morgan fingerprint density at radius 1 is 1.27 bits per heavy atom. The van der Waals surface area contributed by atoms with Crippen molar-refractivity contribution in [3.05, 3.63) is 23.4 Å². The fraction of sp³-hybridized carbons (Fsp3) is 0.600. The number of rotatable bonds is 2. The van der Waals surface area contributed by atoms with Crippen LogP contribution in [0.15, 0.2) is 23.4 Å². The summed E-state index contributed by atoms with van der Waals surface area (Å²) < 4.78 is 0. The molecule has 0 unspecified atom stereocenters. The average Bonchev–Trinajstić information content (AvgIpc) is 2.03. The fourth-order valence-electron chi connectivity index (χ4n) is 0.411. The van der Waals surface area contributed by atoms with Crippen molar-refractivity contribution in [3.63, 3.8) is 0 Å². The Balaban J connectivity index is 0. The number of hydrogen-bond donors (Lipinski definition) is 1. The molecule has 11 heavy (non-hydrogen) atoms. The summed E-state index contributed by atoms with van der Waals surface area (Å²) in [7, 11) is 0. The van der Waals surface area contributed by atoms with Gasteiger partial charge in [-0.15, -0.1) is 0 Å². The first-order valence-electron chi connectivity index (χ1n) is 4.28. The molecule has 0 radical (unpaired) electrons. The van der Waals surface area contributed by atoms with E-state index in [4.69, 9.17) is 5.73 Å². The molecule has 0 rings (SSSR count). The molecule has 0 aromatic carbocycles. The van der Waals surface area contributed by atoms with Crippen LogP contribution in [-0.2, 0) is 0 Å². The van der Waals surface area contributed by atoms with Gasteiger partial charge in [-0.1, -0.05) is 32.4 Å². The van der Waals surface area contributed by atoms with Gasteiger partial charge in [0.25, 0.3) is 0 Å². The summed E-state index contributed by atoms with van der Waals surface area (Å²) in [5, 5.41) is 0. The van der Waals surface area contributed by atoms with E-state index in [0.717, 1.165) is 12.1 Å². The van der Waals surface area contributed by atoms with Crippen molar-refractivity contribution in [2.75, 3.05) is 0 Å². The van der Waals surface area contributed by atoms with Crippen molar-refractivity contribution in [3.8, 4) is 0 Å². The van der Waals surface area contributed by atoms with Crippen LogP contribution >= 0.6 is 0 Å². The van der Waals surface area contributed by atoms with Crippen LogP contribution in [0.3, 0.4) is 0 Å². The second kappa shape index (κ2) is 9.28. The van der Waals surface area contributed by atoms with Gasteiger partial charge in [-0.05, 0) is 26.3 Å². The minimum absolute atomic E-state index is 0.886. The van der Waals surface area contributed by atoms with Gasteiger partial charge < -0.3 is 5.73 Å². The second-order valence-corrected chi connectivity index (χ2v) is 2.27. The number of allylic oxidation sites excluding steroid dienone is 3. The zero-order valence-corrected chi connectivity index (χ0v) is 8.44. The van der Waals surface area contributed by atoms with Gasteiger partial charge in [0, 0.05) is 5.70 Å². The van der Waals surface area contributed by atoms with E-state index in [2.05, 4.69) is 13.0 Å². The predicted octanol–water partition coefficient (Wildman–Crippen LogP) is 3.23. The van der Waals surface area contributed by atoms with E-state index in [0.29, 0.717) is 0 Å². The molecule has 0 bridgehead atoms. The molecule has 0 aliphatic carbocycles. The molecule has 2 N–H and O–H groups in total. The predicted molar refractivity (Wildman–Crippen MR) is 53.3 cm³/mol. The van der Waals surface area contributed by atoms with E-state index >= 15 is 0 Å². The van der Waals surface area contributed by atoms with Gasteiger partial charge in [0.2, 0.25) is 0 Å². The Morgan fingerprint density at radius 3 is 2.00 bits per heavy atom. The van der Waals surface area contributed by atoms with E-state index in [1.807, 2.05) is 33.8 Å². The molecule has 0 aliphatic heterocycles. The van der Waals surface area contributed by atoms with Crippen LogP contribution in [0.25, 0.3) is 0 Å². The highest BCUT2D eigenvalue weighted by molar-refractivity contribution is 5.19. The van der Waals surface area contributed by atoms with Gasteiger partial charge in [0.05, 0.1) is 0 Å². The maximum atomic E-state index is 5.60. The van der Waals surface area contributed by atoms with E-state index in [1.54, 1.807) is 0 Å². The molecule has 0 fully saturated rings. The largest absolute Gasteiger partial charge is 0.399 e. The third-order valence-corrected chi connectivity index (χ3v) is 1.11. The Morgan fingerprint density at radius 2 is 1.73 bits per heavy atom. The Kier molecular flexibility index (Phi) is 10.9. The van der Waals surface area contributed by atoms with E-state index in [9.17, 15) is 0 Å². The maximum absolute atomic E-state index is 5.60. The van der Waals surface area contributed by atoms with Crippen molar-refractivity contribution >= 4 is 0 Å². The van der Waals surface area contributed by atoms with Crippen molar-refractivity contribution in [1.82, 2.24) is 0 Å². The molecule has 0 heterocycles. The van der Waals surface area contributed by atoms with Crippen LogP contribution < -0.4 is 5.73 Å². The van der Waals surface area contributed by atoms with Crippen LogP contribution in [-0.4, -0.2) is 0 Å². The van der Waals surface area contributed by atoms with E-state index < -0.39 is 0 Å². The average molecular weight is 155 g/mol. The third-order valence-electron chi connectivity index (χ3n) is 1.11. The smallest absolute Gasteiger partial charge is 0.0297 e. The first-order chi connectivity index (χ1) is 5.18. The molecule has 0 saturated carbocycles. The lowest BCUT2D eigenvalue weighted by molar-refractivity contribution is 1.19. The van der Waals surface area contributed by atoms with E-state index in [-0.39, 0.29) is 0 Å².